The van der Waals surface area contributed by atoms with Crippen molar-refractivity contribution in [3.63, 3.8) is 0 Å². The minimum atomic E-state index is -0.113. The Morgan fingerprint density at radius 1 is 1.45 bits per heavy atom. The van der Waals surface area contributed by atoms with Gasteiger partial charge in [-0.25, -0.2) is 10.8 Å². The summed E-state index contributed by atoms with van der Waals surface area (Å²) in [5.74, 6) is 11.5. The number of nitrogens with zero attached hydrogens (tertiary/aromatic N) is 3. The van der Waals surface area contributed by atoms with E-state index in [-0.39, 0.29) is 11.5 Å². The molecule has 0 saturated heterocycles. The molecule has 0 amide bonds. The van der Waals surface area contributed by atoms with Gasteiger partial charge in [0.2, 0.25) is 0 Å². The lowest BCUT2D eigenvalue weighted by Gasteiger charge is -2.28. The lowest BCUT2D eigenvalue weighted by Crippen LogP contribution is -2.45. The smallest absolute Gasteiger partial charge is 0.158 e. The molecule has 0 aromatic carbocycles. The summed E-state index contributed by atoms with van der Waals surface area (Å²) in [7, 11) is 1.97. The van der Waals surface area contributed by atoms with E-state index in [1.807, 2.05) is 30.1 Å². The third kappa shape index (κ3) is 3.67. The van der Waals surface area contributed by atoms with Gasteiger partial charge in [-0.2, -0.15) is 5.10 Å². The number of hydrogen-bond donors (Lipinski definition) is 4. The van der Waals surface area contributed by atoms with Crippen molar-refractivity contribution in [3.05, 3.63) is 24.5 Å². The Kier molecular flexibility index (Phi) is 4.56. The number of rotatable bonds is 4. The molecule has 0 aliphatic carbocycles. The number of aromatic nitrogens is 2. The Morgan fingerprint density at radius 2 is 2.18 bits per heavy atom. The second-order valence-electron chi connectivity index (χ2n) is 6.68. The second kappa shape index (κ2) is 6.23. The predicted octanol–water partition coefficient (Wildman–Crippen LogP) is 1.53. The second-order valence-corrected chi connectivity index (χ2v) is 6.68. The number of amidine groups is 1. The van der Waals surface area contributed by atoms with Gasteiger partial charge in [-0.05, 0) is 24.0 Å². The van der Waals surface area contributed by atoms with Crippen LogP contribution >= 0.6 is 0 Å². The molecule has 0 spiro atoms. The summed E-state index contributed by atoms with van der Waals surface area (Å²) in [5.41, 5.74) is 4.52. The summed E-state index contributed by atoms with van der Waals surface area (Å²) in [6.07, 6.45) is 4.62. The van der Waals surface area contributed by atoms with Crippen LogP contribution in [0.1, 0.15) is 27.2 Å². The van der Waals surface area contributed by atoms with E-state index >= 15 is 0 Å². The zero-order chi connectivity index (χ0) is 16.3. The summed E-state index contributed by atoms with van der Waals surface area (Å²) in [6.45, 7) is 6.47. The van der Waals surface area contributed by atoms with Gasteiger partial charge in [-0.1, -0.05) is 20.8 Å². The standard InChI is InChI=1S/C15H25N7/c1-15(2,3)8-12(13(20-16)21-17)19-11-7-10-5-6-22(4)14(10)18-9-11/h5-7,9,12,19H,8,16-17H2,1-4H3,(H,20,21). The van der Waals surface area contributed by atoms with Gasteiger partial charge in [0.15, 0.2) is 5.84 Å². The van der Waals surface area contributed by atoms with E-state index in [9.17, 15) is 0 Å². The van der Waals surface area contributed by atoms with Gasteiger partial charge in [0.25, 0.3) is 0 Å². The van der Waals surface area contributed by atoms with Crippen LogP contribution in [-0.2, 0) is 7.05 Å². The first-order valence-electron chi connectivity index (χ1n) is 7.26. The summed E-state index contributed by atoms with van der Waals surface area (Å²) in [6, 6.07) is 3.98. The van der Waals surface area contributed by atoms with Crippen molar-refractivity contribution in [1.82, 2.24) is 15.0 Å². The number of anilines is 1. The average molecular weight is 303 g/mol. The van der Waals surface area contributed by atoms with E-state index in [1.165, 1.54) is 0 Å². The molecule has 2 rings (SSSR count). The fourth-order valence-corrected chi connectivity index (χ4v) is 2.49. The Balaban J connectivity index is 2.27. The fraction of sp³-hybridized carbons (Fsp3) is 0.467. The molecule has 1 unspecified atom stereocenters. The lowest BCUT2D eigenvalue weighted by molar-refractivity contribution is 0.372. The summed E-state index contributed by atoms with van der Waals surface area (Å²) >= 11 is 0. The number of fused-ring (bicyclic) bond motifs is 1. The third-order valence-corrected chi connectivity index (χ3v) is 3.48. The zero-order valence-electron chi connectivity index (χ0n) is 13.6. The number of hydrogen-bond acceptors (Lipinski definition) is 5. The first-order valence-corrected chi connectivity index (χ1v) is 7.26. The van der Waals surface area contributed by atoms with Crippen molar-refractivity contribution in [2.45, 2.75) is 33.2 Å². The summed E-state index contributed by atoms with van der Waals surface area (Å²) in [5, 5.41) is 8.24. The summed E-state index contributed by atoms with van der Waals surface area (Å²) < 4.78 is 1.99. The van der Waals surface area contributed by atoms with Gasteiger partial charge in [0.1, 0.15) is 5.65 Å². The number of nitrogens with one attached hydrogen (secondary N) is 2. The van der Waals surface area contributed by atoms with Gasteiger partial charge in [-0.3, -0.25) is 0 Å². The molecule has 22 heavy (non-hydrogen) atoms. The Bertz CT molecular complexity index is 666. The quantitative estimate of drug-likeness (QED) is 0.296. The van der Waals surface area contributed by atoms with Crippen LogP contribution in [0.2, 0.25) is 0 Å². The third-order valence-electron chi connectivity index (χ3n) is 3.48. The average Bonchev–Trinajstić information content (AvgIpc) is 2.79. The molecular formula is C15H25N7. The molecular weight excluding hydrogens is 278 g/mol. The molecule has 2 heterocycles. The highest BCUT2D eigenvalue weighted by molar-refractivity contribution is 5.90. The highest BCUT2D eigenvalue weighted by Gasteiger charge is 2.23. The van der Waals surface area contributed by atoms with Crippen molar-refractivity contribution in [1.29, 1.82) is 0 Å². The minimum absolute atomic E-state index is 0.0920. The Morgan fingerprint density at radius 3 is 2.77 bits per heavy atom. The molecule has 2 aromatic rings. The molecule has 0 aliphatic rings. The maximum Gasteiger partial charge on any atom is 0.158 e. The van der Waals surface area contributed by atoms with Crippen molar-refractivity contribution in [3.8, 4) is 0 Å². The van der Waals surface area contributed by atoms with Gasteiger partial charge >= 0.3 is 0 Å². The molecule has 2 aromatic heterocycles. The fourth-order valence-electron chi connectivity index (χ4n) is 2.49. The molecule has 0 aliphatic heterocycles. The minimum Gasteiger partial charge on any atom is -0.374 e. The molecule has 7 heteroatoms. The van der Waals surface area contributed by atoms with Gasteiger partial charge < -0.3 is 21.2 Å². The molecule has 0 bridgehead atoms. The van der Waals surface area contributed by atoms with Crippen molar-refractivity contribution < 1.29 is 0 Å². The normalized spacial score (nSPS) is 14.1. The van der Waals surface area contributed by atoms with Gasteiger partial charge in [0, 0.05) is 18.6 Å². The van der Waals surface area contributed by atoms with Crippen molar-refractivity contribution in [2.75, 3.05) is 5.32 Å². The number of aryl methyl sites for hydroxylation is 1. The lowest BCUT2D eigenvalue weighted by atomic mass is 9.87. The van der Waals surface area contributed by atoms with E-state index in [0.717, 1.165) is 23.1 Å². The van der Waals surface area contributed by atoms with E-state index in [4.69, 9.17) is 11.7 Å². The molecule has 7 nitrogen and oxygen atoms in total. The van der Waals surface area contributed by atoms with E-state index in [1.54, 1.807) is 0 Å². The highest BCUT2D eigenvalue weighted by atomic mass is 15.3. The van der Waals surface area contributed by atoms with E-state index in [2.05, 4.69) is 47.7 Å². The maximum absolute atomic E-state index is 5.53. The van der Waals surface area contributed by atoms with Crippen LogP contribution < -0.4 is 22.4 Å². The topological polar surface area (TPSA) is 106 Å². The Hall–Kier alpha value is -2.28. The molecule has 0 saturated carbocycles. The van der Waals surface area contributed by atoms with Crippen molar-refractivity contribution >= 4 is 22.6 Å². The van der Waals surface area contributed by atoms with Crippen LogP contribution in [0.15, 0.2) is 29.6 Å². The van der Waals surface area contributed by atoms with Crippen LogP contribution in [0.3, 0.4) is 0 Å². The first kappa shape index (κ1) is 16.1. The van der Waals surface area contributed by atoms with E-state index in [0.29, 0.717) is 5.84 Å². The summed E-state index contributed by atoms with van der Waals surface area (Å²) in [4.78, 5) is 4.48. The first-order chi connectivity index (χ1) is 10.3. The molecule has 0 fully saturated rings. The van der Waals surface area contributed by atoms with E-state index < -0.39 is 0 Å². The van der Waals surface area contributed by atoms with Crippen LogP contribution in [0.25, 0.3) is 11.0 Å². The van der Waals surface area contributed by atoms with Crippen LogP contribution in [0.4, 0.5) is 5.69 Å². The largest absolute Gasteiger partial charge is 0.374 e. The molecule has 120 valence electrons. The monoisotopic (exact) mass is 303 g/mol. The predicted molar refractivity (Wildman–Crippen MR) is 91.1 cm³/mol. The number of pyridine rings is 1. The number of hydrazine groups is 1. The van der Waals surface area contributed by atoms with Gasteiger partial charge in [0.05, 0.1) is 17.9 Å². The molecule has 6 N–H and O–H groups in total. The van der Waals surface area contributed by atoms with Crippen molar-refractivity contribution in [2.24, 2.45) is 29.2 Å². The van der Waals surface area contributed by atoms with Crippen LogP contribution in [0.5, 0.6) is 0 Å². The number of hydrazone groups is 1. The zero-order valence-corrected chi connectivity index (χ0v) is 13.6. The van der Waals surface area contributed by atoms with Crippen LogP contribution in [-0.4, -0.2) is 21.4 Å². The molecule has 0 radical (unpaired) electrons. The van der Waals surface area contributed by atoms with Crippen LogP contribution in [0, 0.1) is 5.41 Å². The highest BCUT2D eigenvalue weighted by Crippen LogP contribution is 2.24. The number of nitrogens with two attached hydrogens (primary N) is 2. The maximum atomic E-state index is 5.53. The SMILES string of the molecule is Cn1ccc2cc(NC(CC(C)(C)C)/C(=N/N)NN)cnc21. The van der Waals surface area contributed by atoms with Gasteiger partial charge in [-0.15, -0.1) is 0 Å². The molecule has 1 atom stereocenters. The Labute approximate surface area is 130 Å².